The second kappa shape index (κ2) is 5.02. The highest BCUT2D eigenvalue weighted by atomic mass is 15.2. The largest absolute Gasteiger partial charge is 0.311 e. The lowest BCUT2D eigenvalue weighted by Crippen LogP contribution is -2.51. The van der Waals surface area contributed by atoms with Crippen molar-refractivity contribution in [2.45, 2.75) is 39.3 Å². The third-order valence-corrected chi connectivity index (χ3v) is 4.17. The van der Waals surface area contributed by atoms with Crippen LogP contribution in [0.3, 0.4) is 0 Å². The van der Waals surface area contributed by atoms with Gasteiger partial charge in [0.15, 0.2) is 0 Å². The van der Waals surface area contributed by atoms with Gasteiger partial charge in [-0.2, -0.15) is 0 Å². The van der Waals surface area contributed by atoms with Crippen LogP contribution in [-0.4, -0.2) is 30.6 Å². The molecule has 18 heavy (non-hydrogen) atoms. The minimum atomic E-state index is 0.754. The van der Waals surface area contributed by atoms with Gasteiger partial charge in [-0.25, -0.2) is 0 Å². The molecule has 1 atom stereocenters. The van der Waals surface area contributed by atoms with Gasteiger partial charge in [-0.05, 0) is 38.2 Å². The van der Waals surface area contributed by atoms with Crippen LogP contribution < -0.4 is 5.32 Å². The van der Waals surface area contributed by atoms with Crippen LogP contribution in [0, 0.1) is 19.8 Å². The molecule has 2 heteroatoms. The van der Waals surface area contributed by atoms with Gasteiger partial charge in [-0.15, -0.1) is 0 Å². The van der Waals surface area contributed by atoms with E-state index >= 15 is 0 Å². The van der Waals surface area contributed by atoms with Crippen molar-refractivity contribution in [3.05, 3.63) is 34.9 Å². The van der Waals surface area contributed by atoms with E-state index in [4.69, 9.17) is 0 Å². The first kappa shape index (κ1) is 12.2. The molecule has 1 aliphatic carbocycles. The Kier molecular flexibility index (Phi) is 3.40. The fraction of sp³-hybridized carbons (Fsp3) is 0.625. The predicted octanol–water partition coefficient (Wildman–Crippen LogP) is 2.49. The van der Waals surface area contributed by atoms with Crippen LogP contribution in [-0.2, 0) is 6.54 Å². The van der Waals surface area contributed by atoms with E-state index in [0.717, 1.165) is 25.0 Å². The zero-order valence-electron chi connectivity index (χ0n) is 11.6. The van der Waals surface area contributed by atoms with Gasteiger partial charge in [0.25, 0.3) is 0 Å². The molecule has 0 amide bonds. The average molecular weight is 244 g/mol. The molecule has 98 valence electrons. The molecule has 2 fully saturated rings. The Labute approximate surface area is 110 Å². The number of hydrogen-bond donors (Lipinski definition) is 1. The molecule has 1 aliphatic heterocycles. The molecule has 1 N–H and O–H groups in total. The quantitative estimate of drug-likeness (QED) is 0.879. The summed E-state index contributed by atoms with van der Waals surface area (Å²) in [4.78, 5) is 2.62. The van der Waals surface area contributed by atoms with Crippen molar-refractivity contribution in [1.29, 1.82) is 0 Å². The van der Waals surface area contributed by atoms with Crippen LogP contribution in [0.5, 0.6) is 0 Å². The summed E-state index contributed by atoms with van der Waals surface area (Å²) in [5.41, 5.74) is 4.25. The molecule has 1 unspecified atom stereocenters. The first-order valence-electron chi connectivity index (χ1n) is 7.23. The summed E-state index contributed by atoms with van der Waals surface area (Å²) in [5.74, 6) is 0.965. The van der Waals surface area contributed by atoms with Gasteiger partial charge in [0.2, 0.25) is 0 Å². The Hall–Kier alpha value is -0.860. The summed E-state index contributed by atoms with van der Waals surface area (Å²) in [6.45, 7) is 9.09. The van der Waals surface area contributed by atoms with E-state index < -0.39 is 0 Å². The Morgan fingerprint density at radius 3 is 2.56 bits per heavy atom. The van der Waals surface area contributed by atoms with Gasteiger partial charge in [-0.1, -0.05) is 29.3 Å². The van der Waals surface area contributed by atoms with Crippen LogP contribution in [0.25, 0.3) is 0 Å². The van der Waals surface area contributed by atoms with Crippen molar-refractivity contribution >= 4 is 0 Å². The molecule has 1 heterocycles. The van der Waals surface area contributed by atoms with Crippen LogP contribution in [0.1, 0.15) is 29.5 Å². The lowest BCUT2D eigenvalue weighted by Gasteiger charge is -2.34. The van der Waals surface area contributed by atoms with E-state index in [9.17, 15) is 0 Å². The molecular formula is C16H24N2. The zero-order chi connectivity index (χ0) is 12.5. The highest BCUT2D eigenvalue weighted by Crippen LogP contribution is 2.33. The van der Waals surface area contributed by atoms with Crippen molar-refractivity contribution in [2.24, 2.45) is 5.92 Å². The Balaban J connectivity index is 1.64. The van der Waals surface area contributed by atoms with Gasteiger partial charge in [0.05, 0.1) is 0 Å². The predicted molar refractivity (Wildman–Crippen MR) is 75.7 cm³/mol. The van der Waals surface area contributed by atoms with Crippen molar-refractivity contribution < 1.29 is 0 Å². The maximum Gasteiger partial charge on any atom is 0.0235 e. The summed E-state index contributed by atoms with van der Waals surface area (Å²) < 4.78 is 0. The molecule has 0 spiro atoms. The number of benzene rings is 1. The van der Waals surface area contributed by atoms with Crippen molar-refractivity contribution in [3.8, 4) is 0 Å². The lowest BCUT2D eigenvalue weighted by molar-refractivity contribution is 0.181. The smallest absolute Gasteiger partial charge is 0.0235 e. The van der Waals surface area contributed by atoms with Crippen LogP contribution in [0.15, 0.2) is 18.2 Å². The standard InChI is InChI=1S/C16H24N2/c1-12-7-13(2)9-14(8-12)10-18-6-5-17-16(11-18)15-3-4-15/h7-9,15-17H,3-6,10-11H2,1-2H3. The Bertz CT molecular complexity index is 403. The van der Waals surface area contributed by atoms with E-state index in [1.807, 2.05) is 0 Å². The molecule has 1 aromatic carbocycles. The van der Waals surface area contributed by atoms with E-state index in [0.29, 0.717) is 0 Å². The molecule has 0 radical (unpaired) electrons. The van der Waals surface area contributed by atoms with Gasteiger partial charge >= 0.3 is 0 Å². The summed E-state index contributed by atoms with van der Waals surface area (Å²) in [6, 6.07) is 7.68. The monoisotopic (exact) mass is 244 g/mol. The molecule has 0 aromatic heterocycles. The number of rotatable bonds is 3. The summed E-state index contributed by atoms with van der Waals surface area (Å²) >= 11 is 0. The average Bonchev–Trinajstić information content (AvgIpc) is 3.11. The van der Waals surface area contributed by atoms with Crippen molar-refractivity contribution in [3.63, 3.8) is 0 Å². The van der Waals surface area contributed by atoms with E-state index in [-0.39, 0.29) is 0 Å². The Morgan fingerprint density at radius 2 is 1.89 bits per heavy atom. The highest BCUT2D eigenvalue weighted by molar-refractivity contribution is 5.28. The fourth-order valence-electron chi connectivity index (χ4n) is 3.22. The van der Waals surface area contributed by atoms with E-state index in [1.165, 1.54) is 42.6 Å². The van der Waals surface area contributed by atoms with Crippen molar-refractivity contribution in [2.75, 3.05) is 19.6 Å². The molecule has 3 rings (SSSR count). The fourth-order valence-corrected chi connectivity index (χ4v) is 3.22. The minimum Gasteiger partial charge on any atom is -0.311 e. The molecule has 1 aromatic rings. The topological polar surface area (TPSA) is 15.3 Å². The SMILES string of the molecule is Cc1cc(C)cc(CN2CCNC(C3CC3)C2)c1. The molecular weight excluding hydrogens is 220 g/mol. The third kappa shape index (κ3) is 2.93. The number of nitrogens with one attached hydrogen (secondary N) is 1. The number of piperazine rings is 1. The summed E-state index contributed by atoms with van der Waals surface area (Å²) in [7, 11) is 0. The molecule has 1 saturated carbocycles. The van der Waals surface area contributed by atoms with Gasteiger partial charge in [-0.3, -0.25) is 4.90 Å². The van der Waals surface area contributed by atoms with Crippen LogP contribution >= 0.6 is 0 Å². The van der Waals surface area contributed by atoms with Crippen molar-refractivity contribution in [1.82, 2.24) is 10.2 Å². The number of nitrogens with zero attached hydrogens (tertiary/aromatic N) is 1. The van der Waals surface area contributed by atoms with Crippen LogP contribution in [0.2, 0.25) is 0 Å². The Morgan fingerprint density at radius 1 is 1.17 bits per heavy atom. The number of aryl methyl sites for hydroxylation is 2. The summed E-state index contributed by atoms with van der Waals surface area (Å²) in [5, 5.41) is 3.68. The zero-order valence-corrected chi connectivity index (χ0v) is 11.6. The van der Waals surface area contributed by atoms with Crippen LogP contribution in [0.4, 0.5) is 0 Å². The maximum atomic E-state index is 3.68. The second-order valence-corrected chi connectivity index (χ2v) is 6.13. The molecule has 1 saturated heterocycles. The second-order valence-electron chi connectivity index (χ2n) is 6.13. The number of hydrogen-bond acceptors (Lipinski definition) is 2. The highest BCUT2D eigenvalue weighted by Gasteiger charge is 2.33. The van der Waals surface area contributed by atoms with E-state index in [2.05, 4.69) is 42.3 Å². The first-order chi connectivity index (χ1) is 8.70. The van der Waals surface area contributed by atoms with Gasteiger partial charge in [0.1, 0.15) is 0 Å². The first-order valence-corrected chi connectivity index (χ1v) is 7.23. The lowest BCUT2D eigenvalue weighted by atomic mass is 10.1. The molecule has 2 nitrogen and oxygen atoms in total. The maximum absolute atomic E-state index is 3.68. The van der Waals surface area contributed by atoms with Gasteiger partial charge < -0.3 is 5.32 Å². The van der Waals surface area contributed by atoms with E-state index in [1.54, 1.807) is 0 Å². The normalized spacial score (nSPS) is 25.3. The third-order valence-electron chi connectivity index (χ3n) is 4.17. The van der Waals surface area contributed by atoms with Gasteiger partial charge in [0, 0.05) is 32.2 Å². The molecule has 0 bridgehead atoms. The summed E-state index contributed by atoms with van der Waals surface area (Å²) in [6.07, 6.45) is 2.88. The minimum absolute atomic E-state index is 0.754. The molecule has 2 aliphatic rings.